The summed E-state index contributed by atoms with van der Waals surface area (Å²) in [4.78, 5) is 12.9. The summed E-state index contributed by atoms with van der Waals surface area (Å²) in [5.41, 5.74) is 0.102. The standard InChI is InChI=1S/C14H9OS.C5H5.Fe/c15-12-9-14(10-5-1-2-6-10)16-13-8-4-3-7-11(12)13;1-2-4-5-3-1;/h1-9H;1-5H;/q;;+2. The molecule has 0 unspecified atom stereocenters. The molecule has 2 fully saturated rings. The zero-order valence-corrected chi connectivity index (χ0v) is 13.7. The Morgan fingerprint density at radius 3 is 2.00 bits per heavy atom. The maximum absolute atomic E-state index is 11.9. The van der Waals surface area contributed by atoms with Gasteiger partial charge < -0.3 is 0 Å². The molecule has 0 saturated heterocycles. The van der Waals surface area contributed by atoms with Gasteiger partial charge in [-0.15, -0.1) is 11.3 Å². The van der Waals surface area contributed by atoms with E-state index in [1.807, 2.05) is 82.1 Å². The second-order valence-corrected chi connectivity index (χ2v) is 5.69. The monoisotopic (exact) mass is 346 g/mol. The Kier molecular flexibility index (Phi) is 7.14. The summed E-state index contributed by atoms with van der Waals surface area (Å²) < 4.78 is 1.05. The molecule has 10 radical (unpaired) electrons. The minimum absolute atomic E-state index is 0. The summed E-state index contributed by atoms with van der Waals surface area (Å²) in [7, 11) is 0. The van der Waals surface area contributed by atoms with E-state index >= 15 is 0 Å². The topological polar surface area (TPSA) is 17.1 Å². The molecule has 3 heteroatoms. The van der Waals surface area contributed by atoms with Gasteiger partial charge in [-0.25, -0.2) is 0 Å². The van der Waals surface area contributed by atoms with Gasteiger partial charge in [-0.05, 0) is 76.0 Å². The van der Waals surface area contributed by atoms with Crippen molar-refractivity contribution in [3.8, 4) is 0 Å². The first-order valence-corrected chi connectivity index (χ1v) is 7.58. The normalized spacial score (nSPS) is 17.8. The molecule has 0 aliphatic heterocycles. The van der Waals surface area contributed by atoms with E-state index in [-0.39, 0.29) is 22.5 Å². The van der Waals surface area contributed by atoms with E-state index in [0.29, 0.717) is 0 Å². The summed E-state index contributed by atoms with van der Waals surface area (Å²) in [6.07, 6.45) is 18.0. The van der Waals surface area contributed by atoms with Gasteiger partial charge in [0, 0.05) is 20.9 Å². The predicted molar refractivity (Wildman–Crippen MR) is 89.1 cm³/mol. The first-order valence-electron chi connectivity index (χ1n) is 6.76. The Morgan fingerprint density at radius 1 is 0.773 bits per heavy atom. The Morgan fingerprint density at radius 2 is 1.36 bits per heavy atom. The van der Waals surface area contributed by atoms with Gasteiger partial charge in [0.1, 0.15) is 0 Å². The fraction of sp³-hybridized carbons (Fsp3) is 0. The van der Waals surface area contributed by atoms with E-state index in [1.54, 1.807) is 17.4 Å². The van der Waals surface area contributed by atoms with Crippen LogP contribution in [0.3, 0.4) is 0 Å². The van der Waals surface area contributed by atoms with Crippen LogP contribution in [0.15, 0.2) is 35.1 Å². The molecular weight excluding hydrogens is 332 g/mol. The average molecular weight is 346 g/mol. The summed E-state index contributed by atoms with van der Waals surface area (Å²) in [6.45, 7) is 0. The van der Waals surface area contributed by atoms with Crippen LogP contribution in [0.25, 0.3) is 10.1 Å². The van der Waals surface area contributed by atoms with Crippen LogP contribution >= 0.6 is 11.3 Å². The predicted octanol–water partition coefficient (Wildman–Crippen LogP) is 4.03. The van der Waals surface area contributed by atoms with E-state index in [0.717, 1.165) is 20.9 Å². The first kappa shape index (κ1) is 17.7. The Bertz CT molecular complexity index is 632. The number of hydrogen-bond acceptors (Lipinski definition) is 2. The largest absolute Gasteiger partial charge is 2.00 e. The average Bonchev–Trinajstić information content (AvgIpc) is 3.23. The van der Waals surface area contributed by atoms with E-state index in [9.17, 15) is 4.79 Å². The van der Waals surface area contributed by atoms with Crippen LogP contribution in [0.2, 0.25) is 0 Å². The fourth-order valence-electron chi connectivity index (χ4n) is 2.11. The van der Waals surface area contributed by atoms with Gasteiger partial charge in [0.25, 0.3) is 0 Å². The van der Waals surface area contributed by atoms with Gasteiger partial charge in [0.15, 0.2) is 5.43 Å². The van der Waals surface area contributed by atoms with E-state index in [2.05, 4.69) is 0 Å². The molecule has 0 bridgehead atoms. The maximum atomic E-state index is 11.9. The molecule has 1 aromatic heterocycles. The van der Waals surface area contributed by atoms with E-state index in [1.165, 1.54) is 0 Å². The second-order valence-electron chi connectivity index (χ2n) is 4.61. The third-order valence-corrected chi connectivity index (χ3v) is 4.29. The van der Waals surface area contributed by atoms with Crippen LogP contribution in [-0.2, 0) is 17.1 Å². The SMILES string of the molecule is O=c1cc([C]2[CH][CH][CH][CH]2)sc2ccccc12.[CH]1[CH][CH][CH][CH]1.[Fe+2]. The summed E-state index contributed by atoms with van der Waals surface area (Å²) >= 11 is 1.66. The molecule has 0 amide bonds. The smallest absolute Gasteiger partial charge is 0.289 e. The molecule has 0 N–H and O–H groups in total. The van der Waals surface area contributed by atoms with Gasteiger partial charge in [-0.3, -0.25) is 4.79 Å². The first-order chi connectivity index (χ1) is 10.3. The molecule has 2 aliphatic rings. The zero-order valence-electron chi connectivity index (χ0n) is 11.8. The Balaban J connectivity index is 0.000000253. The van der Waals surface area contributed by atoms with E-state index in [4.69, 9.17) is 0 Å². The van der Waals surface area contributed by atoms with Crippen molar-refractivity contribution in [1.82, 2.24) is 0 Å². The van der Waals surface area contributed by atoms with E-state index < -0.39 is 0 Å². The van der Waals surface area contributed by atoms with Crippen LogP contribution in [-0.4, -0.2) is 0 Å². The minimum Gasteiger partial charge on any atom is -0.289 e. The molecule has 1 aromatic carbocycles. The van der Waals surface area contributed by atoms with Gasteiger partial charge in [0.05, 0.1) is 0 Å². The molecule has 2 aliphatic carbocycles. The molecule has 0 spiro atoms. The molecule has 1 nitrogen and oxygen atoms in total. The molecular formula is C19H14FeOS+2. The third kappa shape index (κ3) is 4.44. The molecule has 2 aromatic rings. The number of hydrogen-bond donors (Lipinski definition) is 0. The number of fused-ring (bicyclic) bond motifs is 1. The molecule has 4 rings (SSSR count). The summed E-state index contributed by atoms with van der Waals surface area (Å²) in [5, 5.41) is 0.808. The molecule has 1 heterocycles. The molecule has 22 heavy (non-hydrogen) atoms. The van der Waals surface area contributed by atoms with Crippen LogP contribution in [0.4, 0.5) is 0 Å². The van der Waals surface area contributed by atoms with Gasteiger partial charge >= 0.3 is 17.1 Å². The van der Waals surface area contributed by atoms with Crippen LogP contribution < -0.4 is 5.43 Å². The van der Waals surface area contributed by atoms with Gasteiger partial charge in [-0.1, -0.05) is 12.1 Å². The van der Waals surface area contributed by atoms with Crippen molar-refractivity contribution >= 4 is 21.4 Å². The van der Waals surface area contributed by atoms with Gasteiger partial charge in [0.2, 0.25) is 0 Å². The summed E-state index contributed by atoms with van der Waals surface area (Å²) in [6, 6.07) is 9.46. The quantitative estimate of drug-likeness (QED) is 0.713. The third-order valence-electron chi connectivity index (χ3n) is 3.14. The molecule has 0 atom stereocenters. The van der Waals surface area contributed by atoms with Crippen LogP contribution in [0.1, 0.15) is 4.88 Å². The van der Waals surface area contributed by atoms with Crippen molar-refractivity contribution in [2.45, 2.75) is 0 Å². The maximum Gasteiger partial charge on any atom is 2.00 e. The van der Waals surface area contributed by atoms with Crippen molar-refractivity contribution in [1.29, 1.82) is 0 Å². The van der Waals surface area contributed by atoms with Crippen molar-refractivity contribution in [2.75, 3.05) is 0 Å². The van der Waals surface area contributed by atoms with Crippen molar-refractivity contribution in [3.05, 3.63) is 109 Å². The Hall–Kier alpha value is -0.631. The second kappa shape index (κ2) is 8.86. The number of benzene rings is 1. The van der Waals surface area contributed by atoms with Crippen molar-refractivity contribution < 1.29 is 17.1 Å². The van der Waals surface area contributed by atoms with Crippen LogP contribution in [0.5, 0.6) is 0 Å². The van der Waals surface area contributed by atoms with Crippen molar-refractivity contribution in [3.63, 3.8) is 0 Å². The minimum atomic E-state index is 0. The molecule has 108 valence electrons. The summed E-state index contributed by atoms with van der Waals surface area (Å²) in [5.74, 6) is 1.12. The van der Waals surface area contributed by atoms with Crippen molar-refractivity contribution in [2.24, 2.45) is 0 Å². The zero-order chi connectivity index (χ0) is 14.5. The Labute approximate surface area is 147 Å². The number of rotatable bonds is 1. The van der Waals surface area contributed by atoms with Gasteiger partial charge in [-0.2, -0.15) is 0 Å². The molecule has 2 saturated carbocycles. The van der Waals surface area contributed by atoms with Crippen LogP contribution in [0, 0.1) is 63.7 Å². The fourth-order valence-corrected chi connectivity index (χ4v) is 3.19.